The fraction of sp³-hybridized carbons (Fsp3) is 0.348. The second-order valence-electron chi connectivity index (χ2n) is 8.30. The smallest absolute Gasteiger partial charge is 0.422 e. The van der Waals surface area contributed by atoms with Crippen LogP contribution in [0.4, 0.5) is 32.0 Å². The first-order valence-corrected chi connectivity index (χ1v) is 10.9. The summed E-state index contributed by atoms with van der Waals surface area (Å²) in [7, 11) is 0. The summed E-state index contributed by atoms with van der Waals surface area (Å²) in [6.07, 6.45) is -1.57. The number of ether oxygens (including phenoxy) is 1. The van der Waals surface area contributed by atoms with E-state index in [1.54, 1.807) is 6.92 Å². The lowest BCUT2D eigenvalue weighted by Crippen LogP contribution is -2.27. The average Bonchev–Trinajstić information content (AvgIpc) is 3.42. The summed E-state index contributed by atoms with van der Waals surface area (Å²) < 4.78 is 88.4. The maximum Gasteiger partial charge on any atom is 0.422 e. The molecule has 13 heteroatoms. The standard InChI is InChI=1S/C23H20F6N4O3/c1-12-31-33(22(35)32(12)13-5-2-3-6-13)18-10-19(36-11-23(27,28)29)14(9-17(18)26)21(34)30-20-15(24)7-4-8-16(20)25/h4,7-10,13H,2-3,5-6,11H2,1H3,(H,30,34). The molecule has 0 aliphatic heterocycles. The highest BCUT2D eigenvalue weighted by Crippen LogP contribution is 2.31. The third-order valence-corrected chi connectivity index (χ3v) is 5.78. The van der Waals surface area contributed by atoms with Crippen LogP contribution in [0.5, 0.6) is 5.75 Å². The molecular weight excluding hydrogens is 494 g/mol. The van der Waals surface area contributed by atoms with E-state index < -0.39 is 64.5 Å². The SMILES string of the molecule is Cc1nn(-c2cc(OCC(F)(F)F)c(C(=O)Nc3c(F)cccc3F)cc2F)c(=O)n1C1CCCC1. The van der Waals surface area contributed by atoms with Crippen molar-refractivity contribution >= 4 is 11.6 Å². The van der Waals surface area contributed by atoms with E-state index in [1.807, 2.05) is 5.32 Å². The van der Waals surface area contributed by atoms with Crippen LogP contribution >= 0.6 is 0 Å². The average molecular weight is 514 g/mol. The molecule has 0 unspecified atom stereocenters. The Balaban J connectivity index is 1.77. The highest BCUT2D eigenvalue weighted by Gasteiger charge is 2.31. The highest BCUT2D eigenvalue weighted by atomic mass is 19.4. The number of para-hydroxylation sites is 1. The zero-order chi connectivity index (χ0) is 26.2. The Kier molecular flexibility index (Phi) is 6.83. The van der Waals surface area contributed by atoms with Gasteiger partial charge in [0, 0.05) is 12.1 Å². The minimum atomic E-state index is -4.82. The first kappa shape index (κ1) is 25.3. The molecule has 1 aliphatic carbocycles. The first-order valence-electron chi connectivity index (χ1n) is 10.9. The lowest BCUT2D eigenvalue weighted by atomic mass is 10.1. The Morgan fingerprint density at radius 3 is 2.36 bits per heavy atom. The number of aryl methyl sites for hydroxylation is 1. The molecule has 2 aromatic carbocycles. The molecule has 4 rings (SSSR count). The van der Waals surface area contributed by atoms with Gasteiger partial charge in [0.1, 0.15) is 40.4 Å². The molecule has 0 bridgehead atoms. The molecule has 3 aromatic rings. The van der Waals surface area contributed by atoms with E-state index >= 15 is 4.39 Å². The van der Waals surface area contributed by atoms with Crippen LogP contribution in [0.25, 0.3) is 5.69 Å². The van der Waals surface area contributed by atoms with Crippen molar-refractivity contribution in [3.8, 4) is 11.4 Å². The molecule has 0 atom stereocenters. The van der Waals surface area contributed by atoms with Gasteiger partial charge in [-0.05, 0) is 38.0 Å². The van der Waals surface area contributed by atoms with Gasteiger partial charge in [-0.15, -0.1) is 0 Å². The zero-order valence-electron chi connectivity index (χ0n) is 18.8. The minimum Gasteiger partial charge on any atom is -0.483 e. The summed E-state index contributed by atoms with van der Waals surface area (Å²) in [5.41, 5.74) is -2.91. The van der Waals surface area contributed by atoms with E-state index in [0.717, 1.165) is 49.9 Å². The van der Waals surface area contributed by atoms with Crippen LogP contribution in [0.15, 0.2) is 35.1 Å². The van der Waals surface area contributed by atoms with E-state index in [0.29, 0.717) is 10.7 Å². The van der Waals surface area contributed by atoms with Crippen LogP contribution in [0.3, 0.4) is 0 Å². The number of nitrogens with one attached hydrogen (secondary N) is 1. The number of carbonyl (C=O) groups is 1. The number of aromatic nitrogens is 3. The Labute approximate surface area is 200 Å². The minimum absolute atomic E-state index is 0.143. The molecule has 192 valence electrons. The highest BCUT2D eigenvalue weighted by molar-refractivity contribution is 6.06. The fourth-order valence-corrected chi connectivity index (χ4v) is 4.18. The molecule has 7 nitrogen and oxygen atoms in total. The van der Waals surface area contributed by atoms with Crippen LogP contribution in [-0.4, -0.2) is 33.0 Å². The molecule has 0 saturated heterocycles. The molecule has 0 radical (unpaired) electrons. The monoisotopic (exact) mass is 514 g/mol. The predicted octanol–water partition coefficient (Wildman–Crippen LogP) is 5.07. The van der Waals surface area contributed by atoms with Gasteiger partial charge in [0.25, 0.3) is 5.91 Å². The molecule has 1 fully saturated rings. The van der Waals surface area contributed by atoms with Crippen molar-refractivity contribution in [2.75, 3.05) is 11.9 Å². The third-order valence-electron chi connectivity index (χ3n) is 5.78. The number of hydrogen-bond donors (Lipinski definition) is 1. The number of rotatable bonds is 6. The Morgan fingerprint density at radius 1 is 1.11 bits per heavy atom. The van der Waals surface area contributed by atoms with E-state index in [9.17, 15) is 31.5 Å². The summed E-state index contributed by atoms with van der Waals surface area (Å²) in [5.74, 6) is -5.32. The number of alkyl halides is 3. The van der Waals surface area contributed by atoms with E-state index in [2.05, 4.69) is 5.10 Å². The van der Waals surface area contributed by atoms with Gasteiger partial charge in [0.15, 0.2) is 6.61 Å². The lowest BCUT2D eigenvalue weighted by Gasteiger charge is -2.15. The van der Waals surface area contributed by atoms with E-state index in [4.69, 9.17) is 4.74 Å². The molecule has 1 saturated carbocycles. The number of carbonyl (C=O) groups excluding carboxylic acids is 1. The van der Waals surface area contributed by atoms with Crippen LogP contribution in [0.1, 0.15) is 47.9 Å². The van der Waals surface area contributed by atoms with Crippen molar-refractivity contribution in [2.24, 2.45) is 0 Å². The molecule has 1 aromatic heterocycles. The topological polar surface area (TPSA) is 78.2 Å². The molecule has 1 amide bonds. The summed E-state index contributed by atoms with van der Waals surface area (Å²) >= 11 is 0. The van der Waals surface area contributed by atoms with Gasteiger partial charge < -0.3 is 10.1 Å². The molecular formula is C23H20F6N4O3. The second-order valence-corrected chi connectivity index (χ2v) is 8.30. The summed E-state index contributed by atoms with van der Waals surface area (Å²) in [6.45, 7) is -0.309. The van der Waals surface area contributed by atoms with Crippen LogP contribution in [-0.2, 0) is 0 Å². The van der Waals surface area contributed by atoms with Gasteiger partial charge in [0.2, 0.25) is 0 Å². The number of anilines is 1. The molecule has 0 spiro atoms. The number of amides is 1. The van der Waals surface area contributed by atoms with Gasteiger partial charge in [-0.3, -0.25) is 9.36 Å². The van der Waals surface area contributed by atoms with Crippen LogP contribution in [0, 0.1) is 24.4 Å². The normalized spacial score (nSPS) is 14.3. The van der Waals surface area contributed by atoms with Gasteiger partial charge in [0.05, 0.1) is 5.56 Å². The van der Waals surface area contributed by atoms with Crippen molar-refractivity contribution in [1.82, 2.24) is 14.3 Å². The Hall–Kier alpha value is -3.77. The third kappa shape index (κ3) is 5.09. The lowest BCUT2D eigenvalue weighted by molar-refractivity contribution is -0.153. The van der Waals surface area contributed by atoms with Crippen LogP contribution < -0.4 is 15.7 Å². The van der Waals surface area contributed by atoms with Crippen molar-refractivity contribution in [2.45, 2.75) is 44.8 Å². The maximum atomic E-state index is 15.1. The number of halogens is 6. The Bertz CT molecular complexity index is 1340. The molecule has 36 heavy (non-hydrogen) atoms. The fourth-order valence-electron chi connectivity index (χ4n) is 4.18. The summed E-state index contributed by atoms with van der Waals surface area (Å²) in [4.78, 5) is 25.7. The largest absolute Gasteiger partial charge is 0.483 e. The maximum absolute atomic E-state index is 15.1. The van der Waals surface area contributed by atoms with Gasteiger partial charge in [-0.2, -0.15) is 23.0 Å². The van der Waals surface area contributed by atoms with Gasteiger partial charge in [-0.1, -0.05) is 18.9 Å². The summed E-state index contributed by atoms with van der Waals surface area (Å²) in [5, 5.41) is 5.93. The van der Waals surface area contributed by atoms with Crippen molar-refractivity contribution in [3.63, 3.8) is 0 Å². The van der Waals surface area contributed by atoms with Crippen molar-refractivity contribution < 1.29 is 35.9 Å². The van der Waals surface area contributed by atoms with E-state index in [1.165, 1.54) is 4.57 Å². The first-order chi connectivity index (χ1) is 17.0. The van der Waals surface area contributed by atoms with Gasteiger partial charge >= 0.3 is 11.9 Å². The van der Waals surface area contributed by atoms with Crippen molar-refractivity contribution in [3.05, 3.63) is 69.7 Å². The van der Waals surface area contributed by atoms with Crippen LogP contribution in [0.2, 0.25) is 0 Å². The van der Waals surface area contributed by atoms with E-state index in [-0.39, 0.29) is 11.9 Å². The molecule has 1 heterocycles. The molecule has 1 aliphatic rings. The summed E-state index contributed by atoms with van der Waals surface area (Å²) in [6, 6.07) is 3.83. The van der Waals surface area contributed by atoms with Crippen molar-refractivity contribution in [1.29, 1.82) is 0 Å². The predicted molar refractivity (Wildman–Crippen MR) is 116 cm³/mol. The molecule has 1 N–H and O–H groups in total. The second kappa shape index (κ2) is 9.70. The number of nitrogens with zero attached hydrogens (tertiary/aromatic N) is 3. The number of benzene rings is 2. The number of hydrogen-bond acceptors (Lipinski definition) is 4. The zero-order valence-corrected chi connectivity index (χ0v) is 18.8. The van der Waals surface area contributed by atoms with Gasteiger partial charge in [-0.25, -0.2) is 18.0 Å². The Morgan fingerprint density at radius 2 is 1.75 bits per heavy atom. The quantitative estimate of drug-likeness (QED) is 0.466.